The quantitative estimate of drug-likeness (QED) is 0.598. The first kappa shape index (κ1) is 16.7. The van der Waals surface area contributed by atoms with Crippen LogP contribution < -0.4 is 5.32 Å². The fourth-order valence-electron chi connectivity index (χ4n) is 2.10. The summed E-state index contributed by atoms with van der Waals surface area (Å²) in [6.07, 6.45) is 2.96. The van der Waals surface area contributed by atoms with Crippen molar-refractivity contribution in [3.8, 4) is 0 Å². The van der Waals surface area contributed by atoms with Crippen LogP contribution in [0.25, 0.3) is 0 Å². The minimum atomic E-state index is 0.128. The Labute approximate surface area is 148 Å². The molecule has 0 aliphatic carbocycles. The van der Waals surface area contributed by atoms with E-state index in [1.165, 1.54) is 11.3 Å². The Hall–Kier alpha value is 0.310. The fraction of sp³-hybridized carbons (Fsp3) is 0.462. The molecule has 2 aromatic heterocycles. The van der Waals surface area contributed by atoms with Gasteiger partial charge in [-0.2, -0.15) is 5.10 Å². The summed E-state index contributed by atoms with van der Waals surface area (Å²) < 4.78 is 5.35. The lowest BCUT2D eigenvalue weighted by Crippen LogP contribution is -2.26. The Bertz CT molecular complexity index is 579. The Morgan fingerprint density at radius 3 is 2.65 bits per heavy atom. The fourth-order valence-corrected chi connectivity index (χ4v) is 5.53. The molecule has 2 rings (SSSR count). The number of rotatable bonds is 6. The normalized spacial score (nSPS) is 12.8. The standard InChI is InChI=1S/C13H16Br3N3S/c1-3-5-17-11(8-6-10(15)20-13(8)16)12-9(14)7-18-19(12)4-2/h6-7,11,17H,3-5H2,1-2H3. The van der Waals surface area contributed by atoms with Crippen molar-refractivity contribution in [2.24, 2.45) is 0 Å². The summed E-state index contributed by atoms with van der Waals surface area (Å²) in [7, 11) is 0. The maximum absolute atomic E-state index is 4.43. The molecule has 0 spiro atoms. The van der Waals surface area contributed by atoms with Gasteiger partial charge < -0.3 is 5.32 Å². The summed E-state index contributed by atoms with van der Waals surface area (Å²) >= 11 is 12.6. The molecule has 7 heteroatoms. The van der Waals surface area contributed by atoms with Crippen molar-refractivity contribution in [2.75, 3.05) is 6.54 Å². The maximum atomic E-state index is 4.43. The molecule has 2 aromatic rings. The average Bonchev–Trinajstić information content (AvgIpc) is 2.94. The molecule has 1 N–H and O–H groups in total. The van der Waals surface area contributed by atoms with Crippen LogP contribution in [0.5, 0.6) is 0 Å². The molecule has 3 nitrogen and oxygen atoms in total. The van der Waals surface area contributed by atoms with Crippen molar-refractivity contribution < 1.29 is 0 Å². The number of nitrogens with one attached hydrogen (secondary N) is 1. The topological polar surface area (TPSA) is 29.9 Å². The first-order chi connectivity index (χ1) is 9.58. The van der Waals surface area contributed by atoms with Gasteiger partial charge in [-0.1, -0.05) is 6.92 Å². The van der Waals surface area contributed by atoms with E-state index in [4.69, 9.17) is 0 Å². The molecule has 0 saturated heterocycles. The third-order valence-electron chi connectivity index (χ3n) is 3.00. The highest BCUT2D eigenvalue weighted by Gasteiger charge is 2.24. The van der Waals surface area contributed by atoms with E-state index in [9.17, 15) is 0 Å². The molecule has 110 valence electrons. The van der Waals surface area contributed by atoms with Gasteiger partial charge in [0.25, 0.3) is 0 Å². The van der Waals surface area contributed by atoms with Crippen LogP contribution >= 0.6 is 59.1 Å². The van der Waals surface area contributed by atoms with Gasteiger partial charge in [0.2, 0.25) is 0 Å². The SMILES string of the molecule is CCCNC(c1cc(Br)sc1Br)c1c(Br)cnn1CC. The summed E-state index contributed by atoms with van der Waals surface area (Å²) in [6, 6.07) is 2.30. The molecule has 0 radical (unpaired) electrons. The van der Waals surface area contributed by atoms with E-state index in [0.29, 0.717) is 0 Å². The van der Waals surface area contributed by atoms with Crippen molar-refractivity contribution in [3.63, 3.8) is 0 Å². The van der Waals surface area contributed by atoms with E-state index in [1.807, 2.05) is 10.9 Å². The average molecular weight is 486 g/mol. The molecule has 0 aliphatic heterocycles. The third kappa shape index (κ3) is 3.55. The summed E-state index contributed by atoms with van der Waals surface area (Å²) in [5.74, 6) is 0. The largest absolute Gasteiger partial charge is 0.305 e. The lowest BCUT2D eigenvalue weighted by atomic mass is 10.1. The zero-order valence-electron chi connectivity index (χ0n) is 11.3. The zero-order valence-corrected chi connectivity index (χ0v) is 16.9. The molecule has 0 fully saturated rings. The van der Waals surface area contributed by atoms with Crippen molar-refractivity contribution in [3.05, 3.63) is 35.6 Å². The van der Waals surface area contributed by atoms with Gasteiger partial charge in [0.1, 0.15) is 0 Å². The number of hydrogen-bond donors (Lipinski definition) is 1. The lowest BCUT2D eigenvalue weighted by Gasteiger charge is -2.20. The molecule has 1 atom stereocenters. The summed E-state index contributed by atoms with van der Waals surface area (Å²) in [4.78, 5) is 0. The van der Waals surface area contributed by atoms with E-state index in [-0.39, 0.29) is 6.04 Å². The second-order valence-corrected chi connectivity index (χ2v) is 8.96. The molecule has 0 bridgehead atoms. The van der Waals surface area contributed by atoms with Crippen molar-refractivity contribution in [1.29, 1.82) is 0 Å². The van der Waals surface area contributed by atoms with Gasteiger partial charge in [-0.25, -0.2) is 0 Å². The Morgan fingerprint density at radius 2 is 2.10 bits per heavy atom. The predicted molar refractivity (Wildman–Crippen MR) is 95.5 cm³/mol. The zero-order chi connectivity index (χ0) is 14.7. The second-order valence-electron chi connectivity index (χ2n) is 4.36. The van der Waals surface area contributed by atoms with Gasteiger partial charge in [0.05, 0.1) is 30.0 Å². The van der Waals surface area contributed by atoms with Gasteiger partial charge in [-0.05, 0) is 73.7 Å². The number of aromatic nitrogens is 2. The van der Waals surface area contributed by atoms with Crippen LogP contribution in [0.15, 0.2) is 24.3 Å². The molecule has 20 heavy (non-hydrogen) atoms. The predicted octanol–water partition coefficient (Wildman–Crippen LogP) is 5.34. The summed E-state index contributed by atoms with van der Waals surface area (Å²) in [5.41, 5.74) is 2.41. The van der Waals surface area contributed by atoms with E-state index < -0.39 is 0 Å². The van der Waals surface area contributed by atoms with Crippen molar-refractivity contribution >= 4 is 59.1 Å². The Morgan fingerprint density at radius 1 is 1.35 bits per heavy atom. The van der Waals surface area contributed by atoms with Gasteiger partial charge in [-0.15, -0.1) is 11.3 Å². The molecule has 0 aliphatic rings. The summed E-state index contributed by atoms with van der Waals surface area (Å²) in [5, 5.41) is 8.05. The number of nitrogens with zero attached hydrogens (tertiary/aromatic N) is 2. The van der Waals surface area contributed by atoms with Crippen LogP contribution in [-0.4, -0.2) is 16.3 Å². The van der Waals surface area contributed by atoms with E-state index in [0.717, 1.165) is 31.6 Å². The van der Waals surface area contributed by atoms with E-state index in [2.05, 4.69) is 78.1 Å². The molecule has 1 unspecified atom stereocenters. The van der Waals surface area contributed by atoms with Crippen LogP contribution in [0.3, 0.4) is 0 Å². The maximum Gasteiger partial charge on any atom is 0.0779 e. The van der Waals surface area contributed by atoms with Crippen molar-refractivity contribution in [1.82, 2.24) is 15.1 Å². The van der Waals surface area contributed by atoms with Gasteiger partial charge in [0.15, 0.2) is 0 Å². The number of hydrogen-bond acceptors (Lipinski definition) is 3. The Kier molecular flexibility index (Phi) is 6.28. The van der Waals surface area contributed by atoms with Crippen LogP contribution in [0.2, 0.25) is 0 Å². The first-order valence-corrected chi connectivity index (χ1v) is 9.67. The highest BCUT2D eigenvalue weighted by Crippen LogP contribution is 2.39. The van der Waals surface area contributed by atoms with Gasteiger partial charge >= 0.3 is 0 Å². The first-order valence-electron chi connectivity index (χ1n) is 6.47. The number of halogens is 3. The molecular weight excluding hydrogens is 470 g/mol. The minimum Gasteiger partial charge on any atom is -0.305 e. The number of thiophene rings is 1. The molecule has 0 saturated carbocycles. The highest BCUT2D eigenvalue weighted by molar-refractivity contribution is 9.12. The van der Waals surface area contributed by atoms with Crippen LogP contribution in [0.4, 0.5) is 0 Å². The van der Waals surface area contributed by atoms with E-state index >= 15 is 0 Å². The monoisotopic (exact) mass is 483 g/mol. The van der Waals surface area contributed by atoms with Gasteiger partial charge in [-0.3, -0.25) is 4.68 Å². The van der Waals surface area contributed by atoms with Crippen molar-refractivity contribution in [2.45, 2.75) is 32.9 Å². The summed E-state index contributed by atoms with van der Waals surface area (Å²) in [6.45, 7) is 6.10. The molecule has 0 amide bonds. The molecular formula is C13H16Br3N3S. The van der Waals surface area contributed by atoms with Crippen LogP contribution in [-0.2, 0) is 6.54 Å². The van der Waals surface area contributed by atoms with Crippen LogP contribution in [0, 0.1) is 0 Å². The number of aryl methyl sites for hydroxylation is 1. The highest BCUT2D eigenvalue weighted by atomic mass is 79.9. The molecule has 0 aromatic carbocycles. The lowest BCUT2D eigenvalue weighted by molar-refractivity contribution is 0.528. The second kappa shape index (κ2) is 7.54. The van der Waals surface area contributed by atoms with Gasteiger partial charge in [0, 0.05) is 12.1 Å². The third-order valence-corrected chi connectivity index (χ3v) is 6.00. The smallest absolute Gasteiger partial charge is 0.0779 e. The van der Waals surface area contributed by atoms with Crippen LogP contribution in [0.1, 0.15) is 37.6 Å². The minimum absolute atomic E-state index is 0.128. The molecule has 2 heterocycles. The Balaban J connectivity index is 2.46. The van der Waals surface area contributed by atoms with E-state index in [1.54, 1.807) is 11.3 Å².